The molecule has 1 atom stereocenters. The number of esters is 2. The van der Waals surface area contributed by atoms with Crippen molar-refractivity contribution in [1.82, 2.24) is 0 Å². The Morgan fingerprint density at radius 3 is 2.04 bits per heavy atom. The zero-order valence-corrected chi connectivity index (χ0v) is 13.8. The summed E-state index contributed by atoms with van der Waals surface area (Å²) in [6, 6.07) is 2.58. The van der Waals surface area contributed by atoms with Gasteiger partial charge in [0.2, 0.25) is 0 Å². The number of hydrogen-bond acceptors (Lipinski definition) is 4. The minimum Gasteiger partial charge on any atom is -0.453 e. The lowest BCUT2D eigenvalue weighted by Crippen LogP contribution is -2.31. The van der Waals surface area contributed by atoms with Crippen molar-refractivity contribution in [3.8, 4) is 5.75 Å². The Kier molecular flexibility index (Phi) is 6.98. The van der Waals surface area contributed by atoms with Crippen LogP contribution in [-0.4, -0.2) is 24.2 Å². The molecule has 1 unspecified atom stereocenters. The molecule has 128 valence electrons. The van der Waals surface area contributed by atoms with Crippen LogP contribution in [0.4, 0.5) is 13.2 Å². The Hall–Kier alpha value is -1.18. The molecule has 0 amide bonds. The minimum atomic E-state index is -4.67. The molecule has 1 rings (SSSR count). The van der Waals surface area contributed by atoms with Crippen LogP contribution in [0.3, 0.4) is 0 Å². The Labute approximate surface area is 144 Å². The fourth-order valence-corrected chi connectivity index (χ4v) is 2.21. The molecule has 0 spiro atoms. The summed E-state index contributed by atoms with van der Waals surface area (Å²) in [7, 11) is 0. The fourth-order valence-electron chi connectivity index (χ4n) is 1.32. The lowest BCUT2D eigenvalue weighted by atomic mass is 10.3. The van der Waals surface area contributed by atoms with Gasteiger partial charge in [0.1, 0.15) is 0 Å². The van der Waals surface area contributed by atoms with E-state index >= 15 is 0 Å². The van der Waals surface area contributed by atoms with Gasteiger partial charge in [-0.05, 0) is 19.1 Å². The molecule has 0 aliphatic heterocycles. The van der Waals surface area contributed by atoms with Crippen LogP contribution in [0.1, 0.15) is 19.8 Å². The first kappa shape index (κ1) is 19.9. The number of rotatable bonds is 5. The quantitative estimate of drug-likeness (QED) is 0.531. The van der Waals surface area contributed by atoms with E-state index in [1.165, 1.54) is 12.1 Å². The number of carbonyl (C=O) groups excluding carboxylic acids is 2. The molecule has 0 N–H and O–H groups in total. The van der Waals surface area contributed by atoms with Gasteiger partial charge in [-0.1, -0.05) is 34.8 Å². The topological polar surface area (TPSA) is 52.6 Å². The van der Waals surface area contributed by atoms with Crippen molar-refractivity contribution in [3.05, 3.63) is 27.2 Å². The average molecular weight is 394 g/mol. The van der Waals surface area contributed by atoms with Gasteiger partial charge >= 0.3 is 18.1 Å². The van der Waals surface area contributed by atoms with Crippen LogP contribution in [0.15, 0.2) is 12.1 Å². The van der Waals surface area contributed by atoms with Gasteiger partial charge < -0.3 is 9.47 Å². The van der Waals surface area contributed by atoms with Crippen LogP contribution < -0.4 is 4.74 Å². The standard InChI is InChI=1S/C13H10Cl3F3O4/c1-6(13(17,18)19)22-10(20)2-3-11(21)23-12-8(15)4-7(14)5-9(12)16/h4-6H,2-3H2,1H3. The summed E-state index contributed by atoms with van der Waals surface area (Å²) in [5.74, 6) is -2.24. The summed E-state index contributed by atoms with van der Waals surface area (Å²) in [6.07, 6.45) is -8.01. The van der Waals surface area contributed by atoms with Crippen LogP contribution in [0, 0.1) is 0 Å². The molecule has 0 radical (unpaired) electrons. The summed E-state index contributed by atoms with van der Waals surface area (Å²) in [5.41, 5.74) is 0. The number of carbonyl (C=O) groups is 2. The minimum absolute atomic E-state index is 0.0240. The molecule has 0 aromatic heterocycles. The smallest absolute Gasteiger partial charge is 0.425 e. The summed E-state index contributed by atoms with van der Waals surface area (Å²) in [6.45, 7) is 0.684. The third-order valence-corrected chi connectivity index (χ3v) is 3.26. The van der Waals surface area contributed by atoms with Crippen LogP contribution in [0.5, 0.6) is 5.75 Å². The maximum atomic E-state index is 12.2. The summed E-state index contributed by atoms with van der Waals surface area (Å²) in [4.78, 5) is 22.8. The second-order valence-electron chi connectivity index (χ2n) is 4.35. The van der Waals surface area contributed by atoms with Crippen molar-refractivity contribution in [3.63, 3.8) is 0 Å². The van der Waals surface area contributed by atoms with E-state index in [4.69, 9.17) is 39.5 Å². The molecule has 1 aromatic rings. The van der Waals surface area contributed by atoms with E-state index < -0.39 is 37.1 Å². The molecule has 0 aliphatic rings. The highest BCUT2D eigenvalue weighted by Gasteiger charge is 2.39. The first-order valence-corrected chi connectivity index (χ1v) is 7.25. The van der Waals surface area contributed by atoms with Crippen molar-refractivity contribution in [1.29, 1.82) is 0 Å². The first-order chi connectivity index (χ1) is 10.5. The highest BCUT2D eigenvalue weighted by atomic mass is 35.5. The summed E-state index contributed by atoms with van der Waals surface area (Å²) >= 11 is 17.3. The van der Waals surface area contributed by atoms with E-state index in [0.29, 0.717) is 6.92 Å². The van der Waals surface area contributed by atoms with E-state index in [9.17, 15) is 22.8 Å². The summed E-state index contributed by atoms with van der Waals surface area (Å²) in [5, 5.41) is 0.178. The van der Waals surface area contributed by atoms with Crippen molar-refractivity contribution in [2.45, 2.75) is 32.0 Å². The predicted octanol–water partition coefficient (Wildman–Crippen LogP) is 4.83. The van der Waals surface area contributed by atoms with Crippen molar-refractivity contribution in [2.24, 2.45) is 0 Å². The third kappa shape index (κ3) is 6.45. The molecule has 4 nitrogen and oxygen atoms in total. The zero-order chi connectivity index (χ0) is 17.8. The van der Waals surface area contributed by atoms with Gasteiger partial charge in [-0.2, -0.15) is 13.2 Å². The number of alkyl halides is 3. The maximum absolute atomic E-state index is 12.2. The van der Waals surface area contributed by atoms with Gasteiger partial charge in [-0.15, -0.1) is 0 Å². The molecule has 0 aliphatic carbocycles. The largest absolute Gasteiger partial charge is 0.453 e. The highest BCUT2D eigenvalue weighted by molar-refractivity contribution is 6.40. The third-order valence-electron chi connectivity index (χ3n) is 2.48. The molecule has 0 bridgehead atoms. The monoisotopic (exact) mass is 392 g/mol. The highest BCUT2D eigenvalue weighted by Crippen LogP contribution is 2.36. The van der Waals surface area contributed by atoms with Crippen molar-refractivity contribution >= 4 is 46.7 Å². The number of hydrogen-bond donors (Lipinski definition) is 0. The maximum Gasteiger partial charge on any atom is 0.425 e. The van der Waals surface area contributed by atoms with E-state index in [-0.39, 0.29) is 20.8 Å². The van der Waals surface area contributed by atoms with E-state index in [2.05, 4.69) is 4.74 Å². The van der Waals surface area contributed by atoms with E-state index in [0.717, 1.165) is 0 Å². The molecule has 0 saturated heterocycles. The molecule has 0 saturated carbocycles. The van der Waals surface area contributed by atoms with Gasteiger partial charge in [0.05, 0.1) is 22.9 Å². The van der Waals surface area contributed by atoms with Crippen LogP contribution in [0.2, 0.25) is 15.1 Å². The lowest BCUT2D eigenvalue weighted by molar-refractivity contribution is -0.216. The zero-order valence-electron chi connectivity index (χ0n) is 11.5. The SMILES string of the molecule is CC(OC(=O)CCC(=O)Oc1c(Cl)cc(Cl)cc1Cl)C(F)(F)F. The Morgan fingerprint density at radius 2 is 1.57 bits per heavy atom. The van der Waals surface area contributed by atoms with Gasteiger partial charge in [0, 0.05) is 5.02 Å². The molecule has 10 heteroatoms. The molecule has 0 fully saturated rings. The summed E-state index contributed by atoms with van der Waals surface area (Å²) < 4.78 is 45.6. The fraction of sp³-hybridized carbons (Fsp3) is 0.385. The number of ether oxygens (including phenoxy) is 2. The van der Waals surface area contributed by atoms with Crippen LogP contribution in [0.25, 0.3) is 0 Å². The molecule has 23 heavy (non-hydrogen) atoms. The van der Waals surface area contributed by atoms with Crippen molar-refractivity contribution in [2.75, 3.05) is 0 Å². The van der Waals surface area contributed by atoms with E-state index in [1.807, 2.05) is 0 Å². The van der Waals surface area contributed by atoms with Crippen LogP contribution >= 0.6 is 34.8 Å². The average Bonchev–Trinajstić information content (AvgIpc) is 2.39. The second kappa shape index (κ2) is 8.08. The molecular formula is C13H10Cl3F3O4. The Bertz CT molecular complexity index is 582. The van der Waals surface area contributed by atoms with Gasteiger partial charge in [0.15, 0.2) is 11.9 Å². The first-order valence-electron chi connectivity index (χ1n) is 6.12. The molecular weight excluding hydrogens is 383 g/mol. The lowest BCUT2D eigenvalue weighted by Gasteiger charge is -2.16. The van der Waals surface area contributed by atoms with Gasteiger partial charge in [-0.3, -0.25) is 9.59 Å². The van der Waals surface area contributed by atoms with Crippen molar-refractivity contribution < 1.29 is 32.2 Å². The molecule has 1 aromatic carbocycles. The van der Waals surface area contributed by atoms with Gasteiger partial charge in [0.25, 0.3) is 0 Å². The van der Waals surface area contributed by atoms with Crippen LogP contribution in [-0.2, 0) is 14.3 Å². The Morgan fingerprint density at radius 1 is 1.09 bits per heavy atom. The van der Waals surface area contributed by atoms with Gasteiger partial charge in [-0.25, -0.2) is 0 Å². The normalized spacial score (nSPS) is 12.7. The predicted molar refractivity (Wildman–Crippen MR) is 78.0 cm³/mol. The van der Waals surface area contributed by atoms with E-state index in [1.54, 1.807) is 0 Å². The number of benzene rings is 1. The number of halogens is 6. The Balaban J connectivity index is 2.54. The second-order valence-corrected chi connectivity index (χ2v) is 5.60. The molecule has 0 heterocycles.